The van der Waals surface area contributed by atoms with Gasteiger partial charge in [0.2, 0.25) is 23.8 Å². The van der Waals surface area contributed by atoms with Gasteiger partial charge in [-0.25, -0.2) is 64.1 Å². The molecule has 0 amide bonds. The lowest BCUT2D eigenvalue weighted by Crippen LogP contribution is -2.47. The van der Waals surface area contributed by atoms with Crippen molar-refractivity contribution < 1.29 is 0 Å². The SMILES string of the molecule is C.[C-]#[N+]c1c(-c2cccs2)nc(N2CC(c3ncn[nH]3)C2)[nH]c1=O.[C-]#[N+]c1c(-c2cccs2)nc(N2CCC(C3=NN=CC3)CC2)[nH]c1=O.[C-]#[N+]c1c(-c2cccs2)nc(NC2CCC(c3ncn[nH]3)CC2)[nH]c1=O.[C-]#[N+]c1c(-c2cccs2)nc(Nc2ccc(-c3ncn[nH]3)cc2)[nH]c1=O.[C-]#[N+]c1c(Cc2ccccc2)nc(SCc2ccccc2-c2cn[nH]n2)[nH]c1=O. The average Bonchev–Trinajstić information content (AvgIpc) is 1.12. The van der Waals surface area contributed by atoms with Crippen LogP contribution in [0.2, 0.25) is 0 Å². The maximum absolute atomic E-state index is 12.4. The van der Waals surface area contributed by atoms with E-state index in [1.807, 2.05) is 160 Å². The second-order valence-corrected chi connectivity index (χ2v) is 33.7. The van der Waals surface area contributed by atoms with Crippen molar-refractivity contribution in [2.24, 2.45) is 16.1 Å². The third kappa shape index (κ3) is 21.1. The quantitative estimate of drug-likeness (QED) is 0.0192. The topological polar surface area (TPSA) is 472 Å². The average molecular weight is 1820 g/mol. The highest BCUT2D eigenvalue weighted by Crippen LogP contribution is 2.39. The fourth-order valence-corrected chi connectivity index (χ4v) is 18.2. The largest absolute Gasteiger partial charge is 0.353 e. The Hall–Kier alpha value is -16.2. The van der Waals surface area contributed by atoms with Gasteiger partial charge in [0.25, 0.3) is 56.2 Å². The summed E-state index contributed by atoms with van der Waals surface area (Å²) in [7, 11) is 0. The van der Waals surface area contributed by atoms with Gasteiger partial charge in [-0.05, 0) is 120 Å². The molecule has 43 heteroatoms. The second-order valence-electron chi connectivity index (χ2n) is 28.9. The van der Waals surface area contributed by atoms with Crippen LogP contribution in [-0.4, -0.2) is 155 Å². The number of piperidine rings is 1. The van der Waals surface area contributed by atoms with Gasteiger partial charge in [0.1, 0.15) is 36.3 Å². The van der Waals surface area contributed by atoms with E-state index in [0.717, 1.165) is 129 Å². The van der Waals surface area contributed by atoms with Crippen LogP contribution in [0.3, 0.4) is 0 Å². The van der Waals surface area contributed by atoms with Gasteiger partial charge < -0.3 is 45.4 Å². The molecule has 0 bridgehead atoms. The molecule has 3 fully saturated rings. The molecule has 0 spiro atoms. The van der Waals surface area contributed by atoms with E-state index in [1.54, 1.807) is 12.5 Å². The van der Waals surface area contributed by atoms with Crippen LogP contribution in [0.15, 0.2) is 213 Å². The predicted molar refractivity (Wildman–Crippen MR) is 503 cm³/mol. The van der Waals surface area contributed by atoms with E-state index >= 15 is 0 Å². The van der Waals surface area contributed by atoms with Crippen LogP contribution in [0.25, 0.3) is 89.2 Å². The molecular weight excluding hydrogens is 1750 g/mol. The molecule has 0 atom stereocenters. The van der Waals surface area contributed by atoms with Gasteiger partial charge in [-0.2, -0.15) is 40.9 Å². The van der Waals surface area contributed by atoms with E-state index in [2.05, 4.69) is 161 Å². The zero-order valence-electron chi connectivity index (χ0n) is 67.7. The van der Waals surface area contributed by atoms with Crippen LogP contribution < -0.4 is 48.2 Å². The van der Waals surface area contributed by atoms with Gasteiger partial charge in [-0.3, -0.25) is 39.3 Å². The van der Waals surface area contributed by atoms with Crippen molar-refractivity contribution in [2.45, 2.75) is 87.6 Å². The molecule has 0 unspecified atom stereocenters. The van der Waals surface area contributed by atoms with Crippen molar-refractivity contribution in [2.75, 3.05) is 46.6 Å². The highest BCUT2D eigenvalue weighted by atomic mass is 32.2. The van der Waals surface area contributed by atoms with E-state index in [-0.39, 0.29) is 59.3 Å². The number of aromatic nitrogens is 22. The molecule has 16 heterocycles. The minimum Gasteiger partial charge on any atom is -0.353 e. The molecule has 13 aromatic heterocycles. The van der Waals surface area contributed by atoms with Gasteiger partial charge in [-0.1, -0.05) is 98.1 Å². The lowest BCUT2D eigenvalue weighted by molar-refractivity contribution is 0.399. The summed E-state index contributed by atoms with van der Waals surface area (Å²) in [5.74, 6) is 5.86. The molecular formula is C87H75N33O5S5. The molecule has 16 aromatic rings. The number of hydrogen-bond acceptors (Lipinski definition) is 29. The van der Waals surface area contributed by atoms with Gasteiger partial charge in [0, 0.05) is 111 Å². The van der Waals surface area contributed by atoms with Crippen molar-refractivity contribution in [3.63, 3.8) is 0 Å². The number of nitrogens with one attached hydrogen (secondary N) is 11. The molecule has 2 saturated heterocycles. The summed E-state index contributed by atoms with van der Waals surface area (Å²) in [6.45, 7) is 39.4. The molecule has 3 aromatic carbocycles. The molecule has 20 rings (SSSR count). The first-order valence-electron chi connectivity index (χ1n) is 39.9. The maximum Gasteiger partial charge on any atom is 0.276 e. The Morgan fingerprint density at radius 1 is 0.485 bits per heavy atom. The third-order valence-corrected chi connectivity index (χ3v) is 25.4. The number of rotatable bonds is 20. The van der Waals surface area contributed by atoms with Crippen LogP contribution in [0.5, 0.6) is 0 Å². The summed E-state index contributed by atoms with van der Waals surface area (Å²) < 4.78 is 0. The fraction of sp³-hybridized carbons (Fsp3) is 0.207. The zero-order chi connectivity index (χ0) is 89.0. The maximum atomic E-state index is 12.4. The first-order valence-corrected chi connectivity index (χ1v) is 44.4. The Balaban J connectivity index is 0.000000125. The standard InChI is InChI=1S/C21H16N6OS.C17H17N7OS.C17H11N7OS.C17H16N6OS.C14H11N7OS.CH4/c1-22-19-17(11-14-7-3-2-4-8-14)24-21(25-20(19)28)29-13-15-9-5-6-10-16(15)18-12-23-27-26-18;2*1-18-14-13(12-3-2-8-26-12)22-17(23-16(14)25)21-11-6-4-10(5-7-11)15-19-9-20-24-15;1-18-15-14(13-3-2-10-25-13)20-17(21-16(15)24)23-8-5-11(6-9-23)12-4-7-19-22-12;1-15-11-10(9-3-2-4-23-9)18-14(19-13(11)22)21-5-8(6-21)12-16-7-17-20-12;/h2-10,12H,11,13H2,(H,23,26,27)(H,24,25,28);2-3,8-11H,4-7H2,(H,19,20,24)(H2,21,22,23,25);2-9H,(H,19,20,24)(H2,21,22,23,25);2-3,7,10-11H,4-6,8-9H2,(H,20,21,24);2-4,7-8H,5-6H2,(H,16,17,20)(H,18,19,22);1H4. The number of thioether (sulfide) groups is 1. The first-order chi connectivity index (χ1) is 63.2. The number of anilines is 5. The molecule has 1 saturated carbocycles. The lowest BCUT2D eigenvalue weighted by atomic mass is 9.85. The summed E-state index contributed by atoms with van der Waals surface area (Å²) in [6, 6.07) is 40.2. The monoisotopic (exact) mass is 1820 g/mol. The van der Waals surface area contributed by atoms with Crippen LogP contribution >= 0.6 is 57.1 Å². The number of thiophene rings is 4. The van der Waals surface area contributed by atoms with Crippen molar-refractivity contribution in [3.8, 4) is 64.9 Å². The summed E-state index contributed by atoms with van der Waals surface area (Å²) in [6.07, 6.45) is 15.1. The Morgan fingerprint density at radius 3 is 1.52 bits per heavy atom. The van der Waals surface area contributed by atoms with E-state index < -0.39 is 22.2 Å². The van der Waals surface area contributed by atoms with Crippen molar-refractivity contribution in [3.05, 3.63) is 311 Å². The number of H-pyrrole nitrogens is 9. The van der Waals surface area contributed by atoms with Gasteiger partial charge in [-0.15, -0.1) is 45.3 Å². The summed E-state index contributed by atoms with van der Waals surface area (Å²) in [4.78, 5) is 134. The summed E-state index contributed by atoms with van der Waals surface area (Å²) >= 11 is 7.25. The molecule has 3 aliphatic heterocycles. The van der Waals surface area contributed by atoms with Crippen LogP contribution in [0, 0.1) is 38.8 Å². The van der Waals surface area contributed by atoms with Crippen molar-refractivity contribution >= 4 is 127 Å². The van der Waals surface area contributed by atoms with Crippen LogP contribution in [0.4, 0.5) is 57.9 Å². The number of nitrogens with zero attached hydrogens (tertiary/aromatic N) is 22. The van der Waals surface area contributed by atoms with Crippen molar-refractivity contribution in [1.82, 2.24) is 111 Å². The minimum atomic E-state index is -0.473. The van der Waals surface area contributed by atoms with Crippen molar-refractivity contribution in [1.29, 1.82) is 0 Å². The minimum absolute atomic E-state index is 0. The molecule has 11 N–H and O–H groups in total. The van der Waals surface area contributed by atoms with E-state index in [0.29, 0.717) is 94.4 Å². The molecule has 130 heavy (non-hydrogen) atoms. The zero-order valence-corrected chi connectivity index (χ0v) is 71.8. The smallest absolute Gasteiger partial charge is 0.276 e. The highest BCUT2D eigenvalue weighted by molar-refractivity contribution is 7.98. The number of benzene rings is 3. The molecule has 648 valence electrons. The summed E-state index contributed by atoms with van der Waals surface area (Å²) in [5, 5.41) is 53.5. The Labute approximate surface area is 759 Å². The Kier molecular flexibility index (Phi) is 28.7. The molecule has 38 nitrogen and oxygen atoms in total. The Morgan fingerprint density at radius 2 is 1.00 bits per heavy atom. The molecule has 0 radical (unpaired) electrons. The van der Waals surface area contributed by atoms with Gasteiger partial charge in [0.05, 0.1) is 73.4 Å². The third-order valence-electron chi connectivity index (χ3n) is 20.9. The molecule has 1 aliphatic carbocycles. The van der Waals surface area contributed by atoms with Gasteiger partial charge >= 0.3 is 0 Å². The van der Waals surface area contributed by atoms with E-state index in [4.69, 9.17) is 32.9 Å². The fourth-order valence-electron chi connectivity index (χ4n) is 14.5. The normalized spacial score (nSPS) is 14.3. The van der Waals surface area contributed by atoms with E-state index in [1.165, 1.54) is 69.8 Å². The second kappa shape index (κ2) is 42.2. The summed E-state index contributed by atoms with van der Waals surface area (Å²) in [5.41, 5.74) is 6.86. The molecule has 4 aliphatic rings. The highest BCUT2D eigenvalue weighted by Gasteiger charge is 2.34. The van der Waals surface area contributed by atoms with E-state index in [9.17, 15) is 24.0 Å². The van der Waals surface area contributed by atoms with Gasteiger partial charge in [0.15, 0.2) is 11.0 Å². The lowest BCUT2D eigenvalue weighted by Gasteiger charge is -2.38. The number of hydrogen-bond donors (Lipinski definition) is 11. The Bertz CT molecular complexity index is 7120. The predicted octanol–water partition coefficient (Wildman–Crippen LogP) is 16.4. The first kappa shape index (κ1) is 88.6. The van der Waals surface area contributed by atoms with Crippen LogP contribution in [0.1, 0.15) is 92.7 Å². The number of aromatic amines is 9. The van der Waals surface area contributed by atoms with Crippen LogP contribution in [-0.2, 0) is 12.2 Å².